The molecule has 1 aliphatic carbocycles. The van der Waals surface area contributed by atoms with Gasteiger partial charge in [0.2, 0.25) is 5.95 Å². The summed E-state index contributed by atoms with van der Waals surface area (Å²) in [7, 11) is 0. The lowest BCUT2D eigenvalue weighted by Gasteiger charge is -2.23. The Kier molecular flexibility index (Phi) is 5.16. The van der Waals surface area contributed by atoms with E-state index >= 15 is 0 Å². The second kappa shape index (κ2) is 7.30. The highest BCUT2D eigenvalue weighted by Crippen LogP contribution is 2.27. The second-order valence-electron chi connectivity index (χ2n) is 6.31. The highest BCUT2D eigenvalue weighted by Gasteiger charge is 2.14. The first-order valence-corrected chi connectivity index (χ1v) is 9.05. The minimum atomic E-state index is 0.504. The molecule has 1 heterocycles. The number of hydrogen-bond acceptors (Lipinski definition) is 4. The maximum absolute atomic E-state index is 4.63. The van der Waals surface area contributed by atoms with Crippen LogP contribution in [0.2, 0.25) is 0 Å². The molecule has 1 fully saturated rings. The van der Waals surface area contributed by atoms with Crippen molar-refractivity contribution >= 4 is 33.4 Å². The van der Waals surface area contributed by atoms with E-state index in [-0.39, 0.29) is 0 Å². The number of halogens is 1. The molecule has 1 saturated carbocycles. The van der Waals surface area contributed by atoms with Crippen LogP contribution in [0.15, 0.2) is 28.7 Å². The molecule has 0 unspecified atom stereocenters. The Labute approximate surface area is 146 Å². The van der Waals surface area contributed by atoms with E-state index in [0.29, 0.717) is 6.04 Å². The summed E-state index contributed by atoms with van der Waals surface area (Å²) in [5.41, 5.74) is 3.20. The van der Waals surface area contributed by atoms with Gasteiger partial charge in [-0.3, -0.25) is 0 Å². The van der Waals surface area contributed by atoms with Crippen molar-refractivity contribution in [3.8, 4) is 0 Å². The van der Waals surface area contributed by atoms with E-state index in [4.69, 9.17) is 0 Å². The number of benzene rings is 1. The van der Waals surface area contributed by atoms with Crippen LogP contribution < -0.4 is 10.6 Å². The number of nitrogens with one attached hydrogen (secondary N) is 2. The van der Waals surface area contributed by atoms with Gasteiger partial charge in [0.15, 0.2) is 0 Å². The quantitative estimate of drug-likeness (QED) is 0.757. The van der Waals surface area contributed by atoms with Crippen LogP contribution in [-0.2, 0) is 0 Å². The summed E-state index contributed by atoms with van der Waals surface area (Å²) in [6, 6.07) is 8.72. The molecule has 0 amide bonds. The minimum Gasteiger partial charge on any atom is -0.351 e. The summed E-state index contributed by atoms with van der Waals surface area (Å²) in [5.74, 6) is 1.54. The molecule has 0 spiro atoms. The summed E-state index contributed by atoms with van der Waals surface area (Å²) < 4.78 is 1.04. The number of anilines is 3. The normalized spacial score (nSPS) is 15.4. The van der Waals surface area contributed by atoms with Crippen LogP contribution in [0.1, 0.15) is 43.4 Å². The molecule has 122 valence electrons. The van der Waals surface area contributed by atoms with Gasteiger partial charge in [-0.25, -0.2) is 4.98 Å². The van der Waals surface area contributed by atoms with Crippen LogP contribution in [0.5, 0.6) is 0 Å². The van der Waals surface area contributed by atoms with Gasteiger partial charge < -0.3 is 10.6 Å². The molecule has 1 aliphatic rings. The van der Waals surface area contributed by atoms with Gasteiger partial charge in [0, 0.05) is 22.3 Å². The summed E-state index contributed by atoms with van der Waals surface area (Å²) in [5, 5.41) is 6.88. The van der Waals surface area contributed by atoms with Gasteiger partial charge in [-0.1, -0.05) is 25.3 Å². The molecule has 0 atom stereocenters. The highest BCUT2D eigenvalue weighted by molar-refractivity contribution is 9.10. The third-order valence-electron chi connectivity index (χ3n) is 4.18. The molecule has 1 aromatic carbocycles. The van der Waals surface area contributed by atoms with Crippen LogP contribution in [-0.4, -0.2) is 16.0 Å². The predicted molar refractivity (Wildman–Crippen MR) is 99.4 cm³/mol. The van der Waals surface area contributed by atoms with Gasteiger partial charge >= 0.3 is 0 Å². The first kappa shape index (κ1) is 16.2. The first-order valence-electron chi connectivity index (χ1n) is 8.25. The topological polar surface area (TPSA) is 49.8 Å². The maximum atomic E-state index is 4.63. The van der Waals surface area contributed by atoms with Gasteiger partial charge in [-0.05, 0) is 60.3 Å². The maximum Gasteiger partial charge on any atom is 0.225 e. The fourth-order valence-electron chi connectivity index (χ4n) is 2.99. The van der Waals surface area contributed by atoms with Crippen molar-refractivity contribution in [1.29, 1.82) is 0 Å². The number of nitrogens with zero attached hydrogens (tertiary/aromatic N) is 2. The third-order valence-corrected chi connectivity index (χ3v) is 4.84. The molecule has 23 heavy (non-hydrogen) atoms. The molecule has 0 radical (unpaired) electrons. The smallest absolute Gasteiger partial charge is 0.225 e. The molecule has 5 heteroatoms. The summed E-state index contributed by atoms with van der Waals surface area (Å²) in [6.45, 7) is 4.08. The Balaban J connectivity index is 1.76. The zero-order chi connectivity index (χ0) is 16.2. The molecule has 4 nitrogen and oxygen atoms in total. The van der Waals surface area contributed by atoms with E-state index in [1.165, 1.54) is 37.7 Å². The number of hydrogen-bond donors (Lipinski definition) is 2. The average molecular weight is 375 g/mol. The SMILES string of the molecule is Cc1ccc(Nc2cc(C)nc(NC3CCCCC3)n2)c(Br)c1. The van der Waals surface area contributed by atoms with Crippen LogP contribution >= 0.6 is 15.9 Å². The van der Waals surface area contributed by atoms with Crippen molar-refractivity contribution in [3.05, 3.63) is 40.0 Å². The Hall–Kier alpha value is -1.62. The van der Waals surface area contributed by atoms with Crippen molar-refractivity contribution in [1.82, 2.24) is 9.97 Å². The number of rotatable bonds is 4. The molecular formula is C18H23BrN4. The molecule has 0 bridgehead atoms. The lowest BCUT2D eigenvalue weighted by Crippen LogP contribution is -2.23. The Morgan fingerprint density at radius 2 is 1.83 bits per heavy atom. The Bertz CT molecular complexity index is 681. The molecule has 1 aromatic heterocycles. The molecule has 0 aliphatic heterocycles. The molecule has 0 saturated heterocycles. The predicted octanol–water partition coefficient (Wildman–Crippen LogP) is 5.34. The van der Waals surface area contributed by atoms with Crippen LogP contribution in [0.4, 0.5) is 17.5 Å². The van der Waals surface area contributed by atoms with E-state index in [0.717, 1.165) is 27.6 Å². The van der Waals surface area contributed by atoms with Crippen LogP contribution in [0.25, 0.3) is 0 Å². The largest absolute Gasteiger partial charge is 0.351 e. The molecule has 2 aromatic rings. The lowest BCUT2D eigenvalue weighted by molar-refractivity contribution is 0.461. The zero-order valence-electron chi connectivity index (χ0n) is 13.7. The Morgan fingerprint density at radius 1 is 1.04 bits per heavy atom. The van der Waals surface area contributed by atoms with Gasteiger partial charge in [-0.15, -0.1) is 0 Å². The van der Waals surface area contributed by atoms with E-state index < -0.39 is 0 Å². The van der Waals surface area contributed by atoms with Crippen LogP contribution in [0.3, 0.4) is 0 Å². The lowest BCUT2D eigenvalue weighted by atomic mass is 9.96. The van der Waals surface area contributed by atoms with Gasteiger partial charge in [0.05, 0.1) is 5.69 Å². The van der Waals surface area contributed by atoms with Gasteiger partial charge in [-0.2, -0.15) is 4.98 Å². The fourth-order valence-corrected chi connectivity index (χ4v) is 3.58. The van der Waals surface area contributed by atoms with Gasteiger partial charge in [0.25, 0.3) is 0 Å². The standard InChI is InChI=1S/C18H23BrN4/c1-12-8-9-16(15(19)10-12)22-17-11-13(2)20-18(23-17)21-14-6-4-3-5-7-14/h8-11,14H,3-7H2,1-2H3,(H2,20,21,22,23). The Morgan fingerprint density at radius 3 is 2.57 bits per heavy atom. The fraction of sp³-hybridized carbons (Fsp3) is 0.444. The third kappa shape index (κ3) is 4.44. The summed E-state index contributed by atoms with van der Waals surface area (Å²) in [4.78, 5) is 9.16. The first-order chi connectivity index (χ1) is 11.1. The zero-order valence-corrected chi connectivity index (χ0v) is 15.3. The molecule has 2 N–H and O–H groups in total. The van der Waals surface area contributed by atoms with Crippen LogP contribution in [0, 0.1) is 13.8 Å². The minimum absolute atomic E-state index is 0.504. The highest BCUT2D eigenvalue weighted by atomic mass is 79.9. The second-order valence-corrected chi connectivity index (χ2v) is 7.16. The van der Waals surface area contributed by atoms with Crippen molar-refractivity contribution in [3.63, 3.8) is 0 Å². The van der Waals surface area contributed by atoms with Gasteiger partial charge in [0.1, 0.15) is 5.82 Å². The monoisotopic (exact) mass is 374 g/mol. The van der Waals surface area contributed by atoms with Crippen molar-refractivity contribution in [2.75, 3.05) is 10.6 Å². The van der Waals surface area contributed by atoms with E-state index in [1.807, 2.05) is 13.0 Å². The van der Waals surface area contributed by atoms with E-state index in [1.54, 1.807) is 0 Å². The van der Waals surface area contributed by atoms with E-state index in [9.17, 15) is 0 Å². The summed E-state index contributed by atoms with van der Waals surface area (Å²) in [6.07, 6.45) is 6.37. The van der Waals surface area contributed by atoms with Crippen molar-refractivity contribution < 1.29 is 0 Å². The number of aryl methyl sites for hydroxylation is 2. The van der Waals surface area contributed by atoms with Crippen molar-refractivity contribution in [2.45, 2.75) is 52.0 Å². The average Bonchev–Trinajstić information content (AvgIpc) is 2.50. The van der Waals surface area contributed by atoms with E-state index in [2.05, 4.69) is 61.7 Å². The van der Waals surface area contributed by atoms with Crippen molar-refractivity contribution in [2.24, 2.45) is 0 Å². The molecule has 3 rings (SSSR count). The summed E-state index contributed by atoms with van der Waals surface area (Å²) >= 11 is 3.60. The number of aromatic nitrogens is 2. The molecular weight excluding hydrogens is 352 g/mol.